The third-order valence-electron chi connectivity index (χ3n) is 6.41. The molecule has 0 bridgehead atoms. The maximum Gasteiger partial charge on any atom is 0.347 e. The van der Waals surface area contributed by atoms with Crippen LogP contribution in [0.15, 0.2) is 95.1 Å². The number of benzene rings is 4. The van der Waals surface area contributed by atoms with Gasteiger partial charge in [0.05, 0.1) is 15.6 Å². The Morgan fingerprint density at radius 2 is 1.73 bits per heavy atom. The van der Waals surface area contributed by atoms with Crippen molar-refractivity contribution >= 4 is 52.0 Å². The molecule has 8 heteroatoms. The van der Waals surface area contributed by atoms with Crippen LogP contribution in [0.25, 0.3) is 17.0 Å². The molecular weight excluding hydrogens is 551 g/mol. The highest BCUT2D eigenvalue weighted by molar-refractivity contribution is 6.43. The Kier molecular flexibility index (Phi) is 6.80. The molecular formula is C32H20Cl2O6. The second-order valence-electron chi connectivity index (χ2n) is 9.10. The average Bonchev–Trinajstić information content (AvgIpc) is 3.45. The monoisotopic (exact) mass is 570 g/mol. The minimum atomic E-state index is -0.609. The van der Waals surface area contributed by atoms with Crippen molar-refractivity contribution in [3.63, 3.8) is 0 Å². The molecule has 4 aromatic carbocycles. The van der Waals surface area contributed by atoms with Crippen molar-refractivity contribution in [2.75, 3.05) is 0 Å². The van der Waals surface area contributed by atoms with E-state index >= 15 is 0 Å². The topological polar surface area (TPSA) is 75.0 Å². The normalized spacial score (nSPS) is 13.4. The number of carbonyl (C=O) groups excluding carboxylic acids is 2. The van der Waals surface area contributed by atoms with Crippen LogP contribution in [0.1, 0.15) is 37.6 Å². The van der Waals surface area contributed by atoms with Gasteiger partial charge in [-0.2, -0.15) is 0 Å². The van der Waals surface area contributed by atoms with Gasteiger partial charge in [0.1, 0.15) is 40.8 Å². The van der Waals surface area contributed by atoms with Crippen LogP contribution < -0.4 is 14.2 Å². The molecule has 0 amide bonds. The molecule has 1 aliphatic heterocycles. The third kappa shape index (κ3) is 4.95. The number of furan rings is 1. The van der Waals surface area contributed by atoms with Crippen molar-refractivity contribution in [2.45, 2.75) is 13.5 Å². The lowest BCUT2D eigenvalue weighted by Crippen LogP contribution is -2.09. The number of ether oxygens (including phenoxy) is 3. The van der Waals surface area contributed by atoms with Crippen LogP contribution in [0, 0.1) is 6.92 Å². The Balaban J connectivity index is 1.22. The van der Waals surface area contributed by atoms with Gasteiger partial charge in [-0.25, -0.2) is 4.79 Å². The molecule has 1 aromatic heterocycles. The lowest BCUT2D eigenvalue weighted by molar-refractivity contribution is 0.0734. The molecule has 6 rings (SSSR count). The van der Waals surface area contributed by atoms with Gasteiger partial charge in [-0.15, -0.1) is 0 Å². The molecule has 6 nitrogen and oxygen atoms in total. The predicted octanol–water partition coefficient (Wildman–Crippen LogP) is 8.46. The zero-order valence-corrected chi connectivity index (χ0v) is 22.6. The van der Waals surface area contributed by atoms with Crippen molar-refractivity contribution in [3.8, 4) is 17.2 Å². The molecule has 0 saturated carbocycles. The van der Waals surface area contributed by atoms with E-state index in [-0.39, 0.29) is 28.6 Å². The predicted molar refractivity (Wildman–Crippen MR) is 153 cm³/mol. The Morgan fingerprint density at radius 3 is 2.55 bits per heavy atom. The molecule has 0 spiro atoms. The van der Waals surface area contributed by atoms with E-state index in [1.807, 2.05) is 30.3 Å². The van der Waals surface area contributed by atoms with Gasteiger partial charge in [-0.3, -0.25) is 4.79 Å². The first-order chi connectivity index (χ1) is 19.4. The summed E-state index contributed by atoms with van der Waals surface area (Å²) in [6.07, 6.45) is 1.53. The summed E-state index contributed by atoms with van der Waals surface area (Å²) >= 11 is 12.3. The number of fused-ring (bicyclic) bond motifs is 2. The maximum absolute atomic E-state index is 13.3. The first-order valence-electron chi connectivity index (χ1n) is 12.3. The van der Waals surface area contributed by atoms with Gasteiger partial charge in [0, 0.05) is 11.5 Å². The van der Waals surface area contributed by atoms with Crippen LogP contribution >= 0.6 is 23.2 Å². The zero-order valence-electron chi connectivity index (χ0n) is 21.1. The van der Waals surface area contributed by atoms with Crippen LogP contribution in [-0.4, -0.2) is 11.8 Å². The van der Waals surface area contributed by atoms with E-state index in [9.17, 15) is 9.59 Å². The molecule has 0 unspecified atom stereocenters. The van der Waals surface area contributed by atoms with E-state index < -0.39 is 5.97 Å². The number of carbonyl (C=O) groups is 2. The summed E-state index contributed by atoms with van der Waals surface area (Å²) in [5.41, 5.74) is 2.74. The Labute approximate surface area is 239 Å². The van der Waals surface area contributed by atoms with Crippen LogP contribution in [-0.2, 0) is 6.61 Å². The number of rotatable bonds is 6. The Morgan fingerprint density at radius 1 is 0.925 bits per heavy atom. The smallest absolute Gasteiger partial charge is 0.347 e. The number of esters is 1. The van der Waals surface area contributed by atoms with Crippen molar-refractivity contribution in [3.05, 3.63) is 129 Å². The number of hydrogen-bond acceptors (Lipinski definition) is 6. The second kappa shape index (κ2) is 10.6. The summed E-state index contributed by atoms with van der Waals surface area (Å²) in [6, 6.07) is 24.8. The molecule has 0 saturated heterocycles. The highest BCUT2D eigenvalue weighted by Gasteiger charge is 2.29. The summed E-state index contributed by atoms with van der Waals surface area (Å²) in [6.45, 7) is 2.08. The summed E-state index contributed by atoms with van der Waals surface area (Å²) in [5, 5.41) is 1.25. The van der Waals surface area contributed by atoms with E-state index in [0.29, 0.717) is 50.3 Å². The van der Waals surface area contributed by atoms with Gasteiger partial charge in [-0.1, -0.05) is 65.7 Å². The molecule has 0 aliphatic carbocycles. The lowest BCUT2D eigenvalue weighted by atomic mass is 10.1. The quantitative estimate of drug-likeness (QED) is 0.116. The van der Waals surface area contributed by atoms with E-state index in [4.69, 9.17) is 41.8 Å². The fraction of sp³-hybridized carbons (Fsp3) is 0.0625. The molecule has 40 heavy (non-hydrogen) atoms. The Hall–Kier alpha value is -4.52. The zero-order chi connectivity index (χ0) is 27.8. The highest BCUT2D eigenvalue weighted by atomic mass is 35.5. The van der Waals surface area contributed by atoms with Gasteiger partial charge < -0.3 is 18.6 Å². The van der Waals surface area contributed by atoms with Crippen molar-refractivity contribution in [2.24, 2.45) is 0 Å². The Bertz CT molecular complexity index is 1820. The third-order valence-corrected chi connectivity index (χ3v) is 7.24. The summed E-state index contributed by atoms with van der Waals surface area (Å²) in [7, 11) is 0. The van der Waals surface area contributed by atoms with E-state index in [1.54, 1.807) is 55.5 Å². The summed E-state index contributed by atoms with van der Waals surface area (Å²) in [4.78, 5) is 26.2. The van der Waals surface area contributed by atoms with Crippen molar-refractivity contribution < 1.29 is 28.2 Å². The number of allylic oxidation sites excluding steroid dienone is 1. The first kappa shape index (κ1) is 25.7. The lowest BCUT2D eigenvalue weighted by Gasteiger charge is -2.07. The largest absolute Gasteiger partial charge is 0.489 e. The second-order valence-corrected chi connectivity index (χ2v) is 9.88. The number of Topliss-reactive ketones (excluding diaryl/α,β-unsaturated/α-hetero) is 1. The molecule has 0 N–H and O–H groups in total. The van der Waals surface area contributed by atoms with Crippen LogP contribution in [0.4, 0.5) is 0 Å². The van der Waals surface area contributed by atoms with Gasteiger partial charge >= 0.3 is 5.97 Å². The van der Waals surface area contributed by atoms with Crippen LogP contribution in [0.5, 0.6) is 17.2 Å². The number of ketones is 1. The molecule has 198 valence electrons. The molecule has 5 aromatic rings. The highest BCUT2D eigenvalue weighted by Crippen LogP contribution is 2.37. The standard InChI is InChI=1S/C32H20Cl2O6/c1-18-29(24-15-21(11-13-26(24)38-18)37-17-19-6-3-2-4-7-19)32(36)39-22-10-12-23-27(16-22)40-28(31(23)35)14-20-8-5-9-25(33)30(20)34/h2-16H,17H2,1H3. The van der Waals surface area contributed by atoms with Crippen molar-refractivity contribution in [1.29, 1.82) is 0 Å². The SMILES string of the molecule is Cc1oc2ccc(OCc3ccccc3)cc2c1C(=O)Oc1ccc2c(c1)OC(=Cc1cccc(Cl)c1Cl)C2=O. The van der Waals surface area contributed by atoms with E-state index in [1.165, 1.54) is 12.1 Å². The maximum atomic E-state index is 13.3. The summed E-state index contributed by atoms with van der Waals surface area (Å²) < 4.78 is 23.2. The fourth-order valence-corrected chi connectivity index (χ4v) is 4.81. The number of halogens is 2. The van der Waals surface area contributed by atoms with Gasteiger partial charge in [0.2, 0.25) is 5.78 Å². The van der Waals surface area contributed by atoms with Crippen LogP contribution in [0.3, 0.4) is 0 Å². The van der Waals surface area contributed by atoms with E-state index in [0.717, 1.165) is 5.56 Å². The van der Waals surface area contributed by atoms with Crippen LogP contribution in [0.2, 0.25) is 10.0 Å². The molecule has 0 atom stereocenters. The summed E-state index contributed by atoms with van der Waals surface area (Å²) in [5.74, 6) is 0.647. The first-order valence-corrected chi connectivity index (χ1v) is 13.1. The van der Waals surface area contributed by atoms with Gasteiger partial charge in [-0.05, 0) is 60.5 Å². The molecule has 2 heterocycles. The minimum Gasteiger partial charge on any atom is -0.489 e. The van der Waals surface area contributed by atoms with Gasteiger partial charge in [0.15, 0.2) is 5.76 Å². The minimum absolute atomic E-state index is 0.0855. The van der Waals surface area contributed by atoms with Crippen molar-refractivity contribution in [1.82, 2.24) is 0 Å². The van der Waals surface area contributed by atoms with E-state index in [2.05, 4.69) is 0 Å². The van der Waals surface area contributed by atoms with Gasteiger partial charge in [0.25, 0.3) is 0 Å². The fourth-order valence-electron chi connectivity index (χ4n) is 4.45. The molecule has 0 radical (unpaired) electrons. The number of aryl methyl sites for hydroxylation is 1. The molecule has 0 fully saturated rings. The number of hydrogen-bond donors (Lipinski definition) is 0. The molecule has 1 aliphatic rings. The average molecular weight is 571 g/mol.